The Hall–Kier alpha value is -0.0151. The first-order chi connectivity index (χ1) is 5.18. The number of hydrogen-bond donors (Lipinski definition) is 1. The van der Waals surface area contributed by atoms with E-state index in [0.29, 0.717) is 12.0 Å². The fourth-order valence-electron chi connectivity index (χ4n) is 2.47. The smallest absolute Gasteiger partial charge is 0.372 e. The van der Waals surface area contributed by atoms with Crippen LogP contribution in [0.5, 0.6) is 0 Å². The van der Waals surface area contributed by atoms with Crippen LogP contribution in [0.1, 0.15) is 19.3 Å². The van der Waals surface area contributed by atoms with Crippen LogP contribution < -0.4 is 0 Å². The van der Waals surface area contributed by atoms with Crippen molar-refractivity contribution in [2.75, 3.05) is 26.2 Å². The van der Waals surface area contributed by atoms with Crippen molar-refractivity contribution in [2.45, 2.75) is 19.3 Å². The van der Waals surface area contributed by atoms with E-state index in [0.717, 1.165) is 0 Å². The van der Waals surface area contributed by atoms with Gasteiger partial charge in [0.15, 0.2) is 0 Å². The van der Waals surface area contributed by atoms with Crippen LogP contribution in [-0.2, 0) is 0 Å². The second kappa shape index (κ2) is 2.24. The molecular formula is C8H17BNO+. The van der Waals surface area contributed by atoms with E-state index in [4.69, 9.17) is 0 Å². The molecule has 0 saturated carbocycles. The van der Waals surface area contributed by atoms with Crippen LogP contribution in [-0.4, -0.2) is 43.7 Å². The van der Waals surface area contributed by atoms with Crippen molar-refractivity contribution in [3.8, 4) is 0 Å². The maximum absolute atomic E-state index is 9.24. The molecule has 0 radical (unpaired) electrons. The lowest BCUT2D eigenvalue weighted by atomic mass is 9.70. The topological polar surface area (TPSA) is 20.2 Å². The quantitative estimate of drug-likeness (QED) is 0.506. The zero-order valence-corrected chi connectivity index (χ0v) is 7.34. The van der Waals surface area contributed by atoms with Crippen LogP contribution in [0.25, 0.3) is 0 Å². The first kappa shape index (κ1) is 7.62. The first-order valence-corrected chi connectivity index (χ1v) is 4.63. The fourth-order valence-corrected chi connectivity index (χ4v) is 2.47. The molecule has 2 bridgehead atoms. The minimum Gasteiger partial charge on any atom is -0.399 e. The maximum atomic E-state index is 9.24. The molecule has 3 aliphatic rings. The molecule has 0 aromatic carbocycles. The van der Waals surface area contributed by atoms with Crippen LogP contribution in [0.15, 0.2) is 0 Å². The Morgan fingerprint density at radius 1 is 1.18 bits per heavy atom. The van der Waals surface area contributed by atoms with Gasteiger partial charge in [-0.15, -0.1) is 0 Å². The van der Waals surface area contributed by atoms with Crippen LogP contribution >= 0.6 is 0 Å². The number of rotatable bonds is 1. The second-order valence-electron chi connectivity index (χ2n) is 4.70. The standard InChI is InChI=1S/C8H17BNO/c9-10-4-1-8(7-11,2-5-10)3-6-10/h11H,1-7,9H2/q+1. The lowest BCUT2D eigenvalue weighted by Crippen LogP contribution is -2.61. The van der Waals surface area contributed by atoms with Gasteiger partial charge >= 0.3 is 7.98 Å². The predicted molar refractivity (Wildman–Crippen MR) is 46.8 cm³/mol. The third-order valence-electron chi connectivity index (χ3n) is 3.88. The summed E-state index contributed by atoms with van der Waals surface area (Å²) < 4.78 is 1.27. The van der Waals surface area contributed by atoms with Crippen molar-refractivity contribution in [1.29, 1.82) is 0 Å². The van der Waals surface area contributed by atoms with E-state index in [1.165, 1.54) is 43.3 Å². The summed E-state index contributed by atoms with van der Waals surface area (Å²) in [6.07, 6.45) is 3.75. The highest BCUT2D eigenvalue weighted by atomic mass is 16.3. The normalized spacial score (nSPS) is 49.5. The fraction of sp³-hybridized carbons (Fsp3) is 1.00. The van der Waals surface area contributed by atoms with Gasteiger partial charge in [-0.05, 0) is 0 Å². The molecule has 0 aliphatic carbocycles. The van der Waals surface area contributed by atoms with Gasteiger partial charge in [-0.25, -0.2) is 0 Å². The second-order valence-corrected chi connectivity index (χ2v) is 4.70. The summed E-state index contributed by atoms with van der Waals surface area (Å²) in [7, 11) is 2.35. The summed E-state index contributed by atoms with van der Waals surface area (Å²) in [5.41, 5.74) is 0.343. The predicted octanol–water partition coefficient (Wildman–Crippen LogP) is -0.473. The summed E-state index contributed by atoms with van der Waals surface area (Å²) in [4.78, 5) is 0. The monoisotopic (exact) mass is 154 g/mol. The lowest BCUT2D eigenvalue weighted by molar-refractivity contribution is -0.839. The summed E-state index contributed by atoms with van der Waals surface area (Å²) in [6.45, 7) is 4.30. The molecule has 0 aromatic rings. The number of piperidine rings is 3. The molecular weight excluding hydrogens is 137 g/mol. The van der Waals surface area contributed by atoms with Gasteiger partial charge in [0.25, 0.3) is 0 Å². The maximum Gasteiger partial charge on any atom is 0.372 e. The number of aliphatic hydroxyl groups is 1. The van der Waals surface area contributed by atoms with Gasteiger partial charge in [0, 0.05) is 31.3 Å². The molecule has 0 atom stereocenters. The third-order valence-corrected chi connectivity index (χ3v) is 3.88. The van der Waals surface area contributed by atoms with E-state index < -0.39 is 0 Å². The Kier molecular flexibility index (Phi) is 1.55. The van der Waals surface area contributed by atoms with Crippen LogP contribution in [0, 0.1) is 5.41 Å². The largest absolute Gasteiger partial charge is 0.399 e. The average molecular weight is 154 g/mol. The van der Waals surface area contributed by atoms with Crippen molar-refractivity contribution in [3.05, 3.63) is 0 Å². The third kappa shape index (κ3) is 1.11. The number of quaternary nitrogens is 1. The molecule has 0 spiro atoms. The van der Waals surface area contributed by atoms with Crippen LogP contribution in [0.2, 0.25) is 0 Å². The molecule has 11 heavy (non-hydrogen) atoms. The lowest BCUT2D eigenvalue weighted by Gasteiger charge is -2.53. The molecule has 1 N–H and O–H groups in total. The molecule has 3 fully saturated rings. The van der Waals surface area contributed by atoms with E-state index in [1.54, 1.807) is 0 Å². The van der Waals surface area contributed by atoms with E-state index in [9.17, 15) is 5.11 Å². The van der Waals surface area contributed by atoms with Gasteiger partial charge in [-0.1, -0.05) is 0 Å². The van der Waals surface area contributed by atoms with E-state index in [-0.39, 0.29) is 0 Å². The van der Waals surface area contributed by atoms with Crippen molar-refractivity contribution in [2.24, 2.45) is 5.41 Å². The van der Waals surface area contributed by atoms with Crippen LogP contribution in [0.4, 0.5) is 0 Å². The Labute approximate surface area is 69.2 Å². The van der Waals surface area contributed by atoms with Gasteiger partial charge < -0.3 is 9.50 Å². The number of aliphatic hydroxyl groups excluding tert-OH is 1. The van der Waals surface area contributed by atoms with E-state index in [1.807, 2.05) is 0 Å². The number of nitrogens with zero attached hydrogens (tertiary/aromatic N) is 1. The van der Waals surface area contributed by atoms with Crippen molar-refractivity contribution >= 4 is 7.98 Å². The van der Waals surface area contributed by atoms with Gasteiger partial charge in [0.1, 0.15) is 0 Å². The highest BCUT2D eigenvalue weighted by molar-refractivity contribution is 5.97. The summed E-state index contributed by atoms with van der Waals surface area (Å²) in [6, 6.07) is 0. The van der Waals surface area contributed by atoms with E-state index in [2.05, 4.69) is 7.98 Å². The average Bonchev–Trinajstić information content (AvgIpc) is 2.07. The number of fused-ring (bicyclic) bond motifs is 3. The molecule has 0 unspecified atom stereocenters. The van der Waals surface area contributed by atoms with E-state index >= 15 is 0 Å². The minimum atomic E-state index is 0.343. The summed E-state index contributed by atoms with van der Waals surface area (Å²) in [5.74, 6) is 0. The molecule has 3 heterocycles. The molecule has 3 rings (SSSR count). The highest BCUT2D eigenvalue weighted by Crippen LogP contribution is 2.42. The zero-order valence-electron chi connectivity index (χ0n) is 7.34. The molecule has 2 nitrogen and oxygen atoms in total. The van der Waals surface area contributed by atoms with Crippen molar-refractivity contribution in [3.63, 3.8) is 0 Å². The Morgan fingerprint density at radius 2 is 1.64 bits per heavy atom. The molecule has 3 heteroatoms. The summed E-state index contributed by atoms with van der Waals surface area (Å²) in [5, 5.41) is 9.24. The molecule has 62 valence electrons. The molecule has 3 saturated heterocycles. The Bertz CT molecular complexity index is 147. The van der Waals surface area contributed by atoms with Gasteiger partial charge in [-0.2, -0.15) is 0 Å². The highest BCUT2D eigenvalue weighted by Gasteiger charge is 2.45. The Morgan fingerprint density at radius 3 is 2.00 bits per heavy atom. The van der Waals surface area contributed by atoms with Crippen molar-refractivity contribution in [1.82, 2.24) is 0 Å². The Balaban J connectivity index is 2.12. The molecule has 0 aromatic heterocycles. The van der Waals surface area contributed by atoms with Crippen LogP contribution in [0.3, 0.4) is 0 Å². The first-order valence-electron chi connectivity index (χ1n) is 4.63. The minimum absolute atomic E-state index is 0.343. The summed E-state index contributed by atoms with van der Waals surface area (Å²) >= 11 is 0. The van der Waals surface area contributed by atoms with Crippen molar-refractivity contribution < 1.29 is 9.50 Å². The SMILES string of the molecule is B[N+]12CCC(CO)(CC1)CC2. The molecule has 3 aliphatic heterocycles. The zero-order chi connectivity index (χ0) is 7.95. The van der Waals surface area contributed by atoms with Gasteiger partial charge in [0.05, 0.1) is 19.6 Å². The number of hydrogen-bond acceptors (Lipinski definition) is 1. The van der Waals surface area contributed by atoms with Gasteiger partial charge in [-0.3, -0.25) is 0 Å². The molecule has 0 amide bonds. The van der Waals surface area contributed by atoms with Gasteiger partial charge in [0.2, 0.25) is 0 Å².